The predicted octanol–water partition coefficient (Wildman–Crippen LogP) is 3.57. The van der Waals surface area contributed by atoms with Crippen molar-refractivity contribution < 1.29 is 4.52 Å². The van der Waals surface area contributed by atoms with Crippen LogP contribution < -0.4 is 0 Å². The van der Waals surface area contributed by atoms with Crippen molar-refractivity contribution in [1.29, 1.82) is 0 Å². The molecule has 0 radical (unpaired) electrons. The molecule has 0 aliphatic heterocycles. The number of aromatic nitrogens is 1. The van der Waals surface area contributed by atoms with E-state index in [9.17, 15) is 0 Å². The summed E-state index contributed by atoms with van der Waals surface area (Å²) >= 11 is 5.82. The predicted molar refractivity (Wildman–Crippen MR) is 67.2 cm³/mol. The van der Waals surface area contributed by atoms with Crippen LogP contribution in [0, 0.1) is 0 Å². The molecule has 0 fully saturated rings. The molecule has 0 N–H and O–H groups in total. The lowest BCUT2D eigenvalue weighted by Gasteiger charge is -1.93. The molecule has 1 aromatic carbocycles. The van der Waals surface area contributed by atoms with Gasteiger partial charge in [-0.05, 0) is 37.0 Å². The molecule has 17 heavy (non-hydrogen) atoms. The maximum Gasteiger partial charge on any atom is 0.253 e. The van der Waals surface area contributed by atoms with E-state index in [0.29, 0.717) is 5.88 Å². The van der Waals surface area contributed by atoms with Crippen molar-refractivity contribution in [3.8, 4) is 0 Å². The highest BCUT2D eigenvalue weighted by Gasteiger charge is 2.20. The fourth-order valence-electron chi connectivity index (χ4n) is 2.00. The Labute approximate surface area is 104 Å². The fourth-order valence-corrected chi connectivity index (χ4v) is 2.12. The maximum atomic E-state index is 5.82. The monoisotopic (exact) mass is 246 g/mol. The number of hydrogen-bond donors (Lipinski definition) is 0. The molecule has 0 saturated carbocycles. The molecule has 0 amide bonds. The van der Waals surface area contributed by atoms with Gasteiger partial charge in [0.25, 0.3) is 5.88 Å². The third-order valence-corrected chi connectivity index (χ3v) is 3.14. The van der Waals surface area contributed by atoms with E-state index in [2.05, 4.69) is 10.1 Å². The van der Waals surface area contributed by atoms with Crippen LogP contribution in [0.25, 0.3) is 0 Å². The average molecular weight is 247 g/mol. The third-order valence-electron chi connectivity index (χ3n) is 2.89. The lowest BCUT2D eigenvalue weighted by Crippen LogP contribution is -1.80. The molecule has 4 heteroatoms. The van der Waals surface area contributed by atoms with E-state index in [0.717, 1.165) is 41.1 Å². The molecular formula is C13H11ClN2O. The fraction of sp³-hybridized carbons (Fsp3) is 0.231. The summed E-state index contributed by atoms with van der Waals surface area (Å²) in [4.78, 5) is 4.34. The van der Waals surface area contributed by atoms with Crippen LogP contribution >= 0.6 is 11.6 Å². The van der Waals surface area contributed by atoms with E-state index >= 15 is 0 Å². The van der Waals surface area contributed by atoms with Gasteiger partial charge in [0.15, 0.2) is 0 Å². The van der Waals surface area contributed by atoms with Crippen LogP contribution in [-0.4, -0.2) is 11.4 Å². The van der Waals surface area contributed by atoms with Crippen LogP contribution in [0.15, 0.2) is 33.8 Å². The summed E-state index contributed by atoms with van der Waals surface area (Å²) in [6.45, 7) is 0. The van der Waals surface area contributed by atoms with E-state index in [-0.39, 0.29) is 0 Å². The van der Waals surface area contributed by atoms with Gasteiger partial charge in [-0.25, -0.2) is 4.99 Å². The number of aliphatic imine (C=N–C) groups is 1. The van der Waals surface area contributed by atoms with Gasteiger partial charge in [0, 0.05) is 16.8 Å². The van der Waals surface area contributed by atoms with Gasteiger partial charge in [0.2, 0.25) is 0 Å². The topological polar surface area (TPSA) is 38.4 Å². The summed E-state index contributed by atoms with van der Waals surface area (Å²) in [5.41, 5.74) is 3.22. The van der Waals surface area contributed by atoms with Gasteiger partial charge in [-0.3, -0.25) is 0 Å². The Balaban J connectivity index is 1.84. The molecule has 0 bridgehead atoms. The van der Waals surface area contributed by atoms with Crippen molar-refractivity contribution in [3.63, 3.8) is 0 Å². The molecule has 86 valence electrons. The van der Waals surface area contributed by atoms with Gasteiger partial charge in [-0.2, -0.15) is 0 Å². The molecule has 1 heterocycles. The van der Waals surface area contributed by atoms with Crippen molar-refractivity contribution in [1.82, 2.24) is 5.16 Å². The lowest BCUT2D eigenvalue weighted by molar-refractivity contribution is 0.419. The van der Waals surface area contributed by atoms with Gasteiger partial charge in [0.1, 0.15) is 0 Å². The molecule has 1 aliphatic carbocycles. The highest BCUT2D eigenvalue weighted by Crippen LogP contribution is 2.30. The molecule has 0 unspecified atom stereocenters. The lowest BCUT2D eigenvalue weighted by atomic mass is 10.2. The molecule has 3 rings (SSSR count). The number of hydrogen-bond acceptors (Lipinski definition) is 3. The second-order valence-electron chi connectivity index (χ2n) is 4.08. The Hall–Kier alpha value is -1.61. The zero-order valence-corrected chi connectivity index (χ0v) is 9.94. The van der Waals surface area contributed by atoms with Gasteiger partial charge in [-0.1, -0.05) is 28.9 Å². The number of benzene rings is 1. The summed E-state index contributed by atoms with van der Waals surface area (Å²) in [7, 11) is 0. The summed E-state index contributed by atoms with van der Waals surface area (Å²) in [5, 5.41) is 4.74. The van der Waals surface area contributed by atoms with Crippen LogP contribution in [0.2, 0.25) is 5.02 Å². The first kappa shape index (κ1) is 10.5. The van der Waals surface area contributed by atoms with Crippen molar-refractivity contribution >= 4 is 23.7 Å². The van der Waals surface area contributed by atoms with Crippen LogP contribution in [-0.2, 0) is 12.8 Å². The minimum atomic E-state index is 0.646. The normalized spacial score (nSPS) is 14.4. The number of rotatable bonds is 2. The van der Waals surface area contributed by atoms with Crippen LogP contribution in [0.4, 0.5) is 5.88 Å². The summed E-state index contributed by atoms with van der Waals surface area (Å²) in [6, 6.07) is 7.52. The number of nitrogens with zero attached hydrogens (tertiary/aromatic N) is 2. The summed E-state index contributed by atoms with van der Waals surface area (Å²) in [6.07, 6.45) is 4.95. The number of fused-ring (bicyclic) bond motifs is 1. The van der Waals surface area contributed by atoms with Crippen LogP contribution in [0.5, 0.6) is 0 Å². The molecule has 0 saturated heterocycles. The number of aryl methyl sites for hydroxylation is 1. The van der Waals surface area contributed by atoms with Crippen molar-refractivity contribution in [3.05, 3.63) is 46.1 Å². The minimum Gasteiger partial charge on any atom is -0.336 e. The first-order valence-electron chi connectivity index (χ1n) is 5.60. The quantitative estimate of drug-likeness (QED) is 0.760. The van der Waals surface area contributed by atoms with E-state index in [4.69, 9.17) is 16.1 Å². The molecule has 0 spiro atoms. The maximum absolute atomic E-state index is 5.82. The van der Waals surface area contributed by atoms with E-state index in [1.165, 1.54) is 0 Å². The van der Waals surface area contributed by atoms with Crippen molar-refractivity contribution in [2.75, 3.05) is 0 Å². The van der Waals surface area contributed by atoms with Gasteiger partial charge in [-0.15, -0.1) is 0 Å². The number of halogens is 1. The Morgan fingerprint density at radius 3 is 2.88 bits per heavy atom. The second kappa shape index (κ2) is 4.34. The van der Waals surface area contributed by atoms with Crippen molar-refractivity contribution in [2.24, 2.45) is 4.99 Å². The van der Waals surface area contributed by atoms with E-state index in [1.54, 1.807) is 6.21 Å². The average Bonchev–Trinajstić information content (AvgIpc) is 2.91. The Bertz CT molecular complexity index is 557. The standard InChI is InChI=1S/C13H11ClN2O/c14-10-6-4-9(5-7-10)8-15-13-11-2-1-3-12(11)16-17-13/h4-8H,1-3H2. The summed E-state index contributed by atoms with van der Waals surface area (Å²) in [5.74, 6) is 0.646. The molecule has 0 atom stereocenters. The first-order valence-corrected chi connectivity index (χ1v) is 5.98. The first-order chi connectivity index (χ1) is 8.33. The van der Waals surface area contributed by atoms with Gasteiger partial charge >= 0.3 is 0 Å². The Morgan fingerprint density at radius 2 is 2.06 bits per heavy atom. The SMILES string of the molecule is Clc1ccc(C=Nc2onc3c2CCC3)cc1. The van der Waals surface area contributed by atoms with E-state index < -0.39 is 0 Å². The van der Waals surface area contributed by atoms with Gasteiger partial charge < -0.3 is 4.52 Å². The molecule has 1 aliphatic rings. The molecule has 1 aromatic heterocycles. The van der Waals surface area contributed by atoms with Crippen molar-refractivity contribution in [2.45, 2.75) is 19.3 Å². The second-order valence-corrected chi connectivity index (χ2v) is 4.51. The van der Waals surface area contributed by atoms with Crippen LogP contribution in [0.1, 0.15) is 23.2 Å². The zero-order chi connectivity index (χ0) is 11.7. The van der Waals surface area contributed by atoms with E-state index in [1.807, 2.05) is 24.3 Å². The Morgan fingerprint density at radius 1 is 1.24 bits per heavy atom. The highest BCUT2D eigenvalue weighted by atomic mass is 35.5. The molecular weight excluding hydrogens is 236 g/mol. The highest BCUT2D eigenvalue weighted by molar-refractivity contribution is 6.30. The third kappa shape index (κ3) is 2.11. The largest absolute Gasteiger partial charge is 0.336 e. The van der Waals surface area contributed by atoms with Crippen LogP contribution in [0.3, 0.4) is 0 Å². The molecule has 3 nitrogen and oxygen atoms in total. The smallest absolute Gasteiger partial charge is 0.253 e. The zero-order valence-electron chi connectivity index (χ0n) is 9.19. The minimum absolute atomic E-state index is 0.646. The molecule has 2 aromatic rings. The van der Waals surface area contributed by atoms with Gasteiger partial charge in [0.05, 0.1) is 5.69 Å². The Kier molecular flexibility index (Phi) is 2.69. The summed E-state index contributed by atoms with van der Waals surface area (Å²) < 4.78 is 5.21.